The first kappa shape index (κ1) is 10.3. The molecule has 0 aliphatic rings. The van der Waals surface area contributed by atoms with Crippen LogP contribution < -0.4 is 0 Å². The topological polar surface area (TPSA) is 55.0 Å². The molecule has 0 fully saturated rings. The Kier molecular flexibility index (Phi) is 3.50. The molecule has 0 saturated heterocycles. The fourth-order valence-electron chi connectivity index (χ4n) is 1.16. The van der Waals surface area contributed by atoms with Gasteiger partial charge in [0.1, 0.15) is 0 Å². The number of aromatic amines is 2. The van der Waals surface area contributed by atoms with Crippen molar-refractivity contribution in [1.82, 2.24) is 14.9 Å². The van der Waals surface area contributed by atoms with E-state index in [1.54, 1.807) is 0 Å². The molecular formula is C8H15N3OS. The van der Waals surface area contributed by atoms with Crippen molar-refractivity contribution in [1.29, 1.82) is 0 Å². The smallest absolute Gasteiger partial charge is 0.210 e. The number of aromatic hydroxyl groups is 1. The summed E-state index contributed by atoms with van der Waals surface area (Å²) in [6, 6.07) is 0. The molecule has 1 heterocycles. The van der Waals surface area contributed by atoms with Gasteiger partial charge < -0.3 is 20.0 Å². The summed E-state index contributed by atoms with van der Waals surface area (Å²) in [6.07, 6.45) is 1.82. The van der Waals surface area contributed by atoms with E-state index in [2.05, 4.69) is 14.9 Å². The van der Waals surface area contributed by atoms with Gasteiger partial charge >= 0.3 is 0 Å². The van der Waals surface area contributed by atoms with Crippen LogP contribution in [0.2, 0.25) is 0 Å². The van der Waals surface area contributed by atoms with Crippen LogP contribution in [-0.2, 0) is 6.42 Å². The monoisotopic (exact) mass is 201 g/mol. The molecule has 0 saturated carbocycles. The Morgan fingerprint density at radius 1 is 1.38 bits per heavy atom. The van der Waals surface area contributed by atoms with Gasteiger partial charge in [-0.15, -0.1) is 0 Å². The van der Waals surface area contributed by atoms with Crippen molar-refractivity contribution in [3.8, 4) is 5.88 Å². The lowest BCUT2D eigenvalue weighted by molar-refractivity contribution is 0.395. The quantitative estimate of drug-likeness (QED) is 0.643. The molecular weight excluding hydrogens is 186 g/mol. The summed E-state index contributed by atoms with van der Waals surface area (Å²) in [6.45, 7) is 1.01. The number of imidazole rings is 1. The maximum absolute atomic E-state index is 9.33. The molecule has 1 rings (SSSR count). The molecule has 0 bridgehead atoms. The van der Waals surface area contributed by atoms with Gasteiger partial charge in [-0.2, -0.15) is 0 Å². The molecule has 4 nitrogen and oxygen atoms in total. The van der Waals surface area contributed by atoms with Crippen LogP contribution in [0.4, 0.5) is 0 Å². The van der Waals surface area contributed by atoms with E-state index in [-0.39, 0.29) is 5.88 Å². The summed E-state index contributed by atoms with van der Waals surface area (Å²) in [7, 11) is 4.05. The summed E-state index contributed by atoms with van der Waals surface area (Å²) < 4.78 is 0.484. The van der Waals surface area contributed by atoms with Gasteiger partial charge in [0.15, 0.2) is 4.77 Å². The van der Waals surface area contributed by atoms with Crippen LogP contribution in [0.15, 0.2) is 0 Å². The molecule has 0 unspecified atom stereocenters. The summed E-state index contributed by atoms with van der Waals surface area (Å²) >= 11 is 4.84. The maximum Gasteiger partial charge on any atom is 0.210 e. The summed E-state index contributed by atoms with van der Waals surface area (Å²) in [5, 5.41) is 9.33. The van der Waals surface area contributed by atoms with E-state index in [1.807, 2.05) is 14.1 Å². The number of hydrogen-bond acceptors (Lipinski definition) is 3. The van der Waals surface area contributed by atoms with E-state index in [1.165, 1.54) is 0 Å². The molecule has 0 spiro atoms. The Balaban J connectivity index is 2.45. The molecule has 13 heavy (non-hydrogen) atoms. The molecule has 0 atom stereocenters. The second-order valence-electron chi connectivity index (χ2n) is 3.31. The lowest BCUT2D eigenvalue weighted by Crippen LogP contribution is -2.13. The molecule has 3 N–H and O–H groups in total. The number of nitrogens with one attached hydrogen (secondary N) is 2. The zero-order chi connectivity index (χ0) is 9.84. The van der Waals surface area contributed by atoms with Crippen molar-refractivity contribution in [3.63, 3.8) is 0 Å². The van der Waals surface area contributed by atoms with Crippen LogP contribution in [0, 0.1) is 4.77 Å². The fraction of sp³-hybridized carbons (Fsp3) is 0.625. The Morgan fingerprint density at radius 2 is 2.08 bits per heavy atom. The average Bonchev–Trinajstić information content (AvgIpc) is 2.29. The van der Waals surface area contributed by atoms with Gasteiger partial charge in [0.05, 0.1) is 5.69 Å². The number of aryl methyl sites for hydroxylation is 1. The number of rotatable bonds is 4. The van der Waals surface area contributed by atoms with Gasteiger partial charge in [0, 0.05) is 0 Å². The van der Waals surface area contributed by atoms with Crippen molar-refractivity contribution in [3.05, 3.63) is 10.5 Å². The highest BCUT2D eigenvalue weighted by atomic mass is 32.1. The van der Waals surface area contributed by atoms with E-state index in [0.717, 1.165) is 25.1 Å². The normalized spacial score (nSPS) is 11.0. The van der Waals surface area contributed by atoms with Crippen molar-refractivity contribution in [2.24, 2.45) is 0 Å². The van der Waals surface area contributed by atoms with Crippen LogP contribution in [0.5, 0.6) is 5.88 Å². The lowest BCUT2D eigenvalue weighted by Gasteiger charge is -2.07. The Hall–Kier alpha value is -0.810. The second kappa shape index (κ2) is 4.43. The van der Waals surface area contributed by atoms with Gasteiger partial charge in [0.25, 0.3) is 0 Å². The minimum atomic E-state index is 0.170. The predicted octanol–water partition coefficient (Wildman–Crippen LogP) is 1.27. The first-order valence-electron chi connectivity index (χ1n) is 4.24. The van der Waals surface area contributed by atoms with E-state index >= 15 is 0 Å². The highest BCUT2D eigenvalue weighted by molar-refractivity contribution is 7.71. The third kappa shape index (κ3) is 3.20. The highest BCUT2D eigenvalue weighted by Gasteiger charge is 2.03. The second-order valence-corrected chi connectivity index (χ2v) is 3.72. The Morgan fingerprint density at radius 3 is 2.54 bits per heavy atom. The minimum absolute atomic E-state index is 0.170. The van der Waals surface area contributed by atoms with Crippen LogP contribution in [0.3, 0.4) is 0 Å². The molecule has 1 aromatic rings. The molecule has 5 heteroatoms. The van der Waals surface area contributed by atoms with Crippen molar-refractivity contribution in [2.75, 3.05) is 20.6 Å². The zero-order valence-corrected chi connectivity index (χ0v) is 8.74. The standard InChI is InChI=1S/C8H15N3OS/c1-11(2)5-3-4-6-7(12)10-8(13)9-6/h12H,3-5H2,1-2H3,(H2,9,10,13). The first-order valence-corrected chi connectivity index (χ1v) is 4.65. The van der Waals surface area contributed by atoms with Gasteiger partial charge in [0.2, 0.25) is 5.88 Å². The molecule has 1 aromatic heterocycles. The van der Waals surface area contributed by atoms with Crippen molar-refractivity contribution >= 4 is 12.2 Å². The third-order valence-corrected chi connectivity index (χ3v) is 2.02. The minimum Gasteiger partial charge on any atom is -0.493 e. The third-order valence-electron chi connectivity index (χ3n) is 1.81. The van der Waals surface area contributed by atoms with E-state index in [0.29, 0.717) is 4.77 Å². The first-order chi connectivity index (χ1) is 6.09. The molecule has 0 aliphatic heterocycles. The van der Waals surface area contributed by atoms with Crippen molar-refractivity contribution in [2.45, 2.75) is 12.8 Å². The van der Waals surface area contributed by atoms with E-state index in [9.17, 15) is 5.11 Å². The Labute approximate surface area is 82.6 Å². The number of nitrogens with zero attached hydrogens (tertiary/aromatic N) is 1. The molecule has 0 aliphatic carbocycles. The van der Waals surface area contributed by atoms with Gasteiger partial charge in [-0.25, -0.2) is 0 Å². The highest BCUT2D eigenvalue weighted by Crippen LogP contribution is 2.12. The molecule has 0 amide bonds. The van der Waals surface area contributed by atoms with E-state index < -0.39 is 0 Å². The van der Waals surface area contributed by atoms with Crippen LogP contribution in [0.25, 0.3) is 0 Å². The zero-order valence-electron chi connectivity index (χ0n) is 7.92. The molecule has 0 radical (unpaired) electrons. The predicted molar refractivity (Wildman–Crippen MR) is 54.5 cm³/mol. The van der Waals surface area contributed by atoms with Gasteiger partial charge in [-0.05, 0) is 45.7 Å². The summed E-state index contributed by atoms with van der Waals surface area (Å²) in [4.78, 5) is 7.67. The summed E-state index contributed by atoms with van der Waals surface area (Å²) in [5.41, 5.74) is 0.798. The average molecular weight is 201 g/mol. The van der Waals surface area contributed by atoms with E-state index in [4.69, 9.17) is 12.2 Å². The number of H-pyrrole nitrogens is 2. The van der Waals surface area contributed by atoms with Gasteiger partial charge in [-0.3, -0.25) is 0 Å². The Bertz CT molecular complexity index is 315. The largest absolute Gasteiger partial charge is 0.493 e. The van der Waals surface area contributed by atoms with Crippen LogP contribution in [0.1, 0.15) is 12.1 Å². The maximum atomic E-state index is 9.33. The summed E-state index contributed by atoms with van der Waals surface area (Å²) in [5.74, 6) is 0.170. The molecule has 74 valence electrons. The number of aromatic nitrogens is 2. The lowest BCUT2D eigenvalue weighted by atomic mass is 10.2. The van der Waals surface area contributed by atoms with Crippen LogP contribution in [-0.4, -0.2) is 40.6 Å². The number of hydrogen-bond donors (Lipinski definition) is 3. The molecule has 0 aromatic carbocycles. The van der Waals surface area contributed by atoms with Crippen molar-refractivity contribution < 1.29 is 5.11 Å². The fourth-order valence-corrected chi connectivity index (χ4v) is 1.38. The van der Waals surface area contributed by atoms with Crippen LogP contribution >= 0.6 is 12.2 Å². The van der Waals surface area contributed by atoms with Gasteiger partial charge in [-0.1, -0.05) is 0 Å². The SMILES string of the molecule is CN(C)CCCc1[nH]c(=S)[nH]c1O.